The van der Waals surface area contributed by atoms with Crippen LogP contribution < -0.4 is 0 Å². The minimum Gasteiger partial charge on any atom is -0.379 e. The molecule has 0 atom stereocenters. The summed E-state index contributed by atoms with van der Waals surface area (Å²) in [5.74, 6) is 1.16. The molecule has 2 heteroatoms. The third-order valence-electron chi connectivity index (χ3n) is 1.17. The number of hydrogen-bond acceptors (Lipinski definition) is 2. The Bertz CT molecular complexity index is 72.6. The molecule has 1 saturated heterocycles. The fraction of sp³-hybridized carbons (Fsp3) is 1.00. The van der Waals surface area contributed by atoms with Gasteiger partial charge in [-0.3, -0.25) is 0 Å². The zero-order valence-electron chi connectivity index (χ0n) is 5.44. The summed E-state index contributed by atoms with van der Waals surface area (Å²) in [7, 11) is 0. The van der Waals surface area contributed by atoms with E-state index in [-0.39, 0.29) is 0 Å². The topological polar surface area (TPSA) is 9.23 Å². The molecule has 1 fully saturated rings. The van der Waals surface area contributed by atoms with E-state index >= 15 is 0 Å². The molecule has 0 N–H and O–H groups in total. The SMILES string of the molecule is CC1(C)COCCS1. The molecular formula is C6H12OS. The van der Waals surface area contributed by atoms with E-state index in [2.05, 4.69) is 13.8 Å². The molecule has 0 amide bonds. The van der Waals surface area contributed by atoms with Gasteiger partial charge in [-0.2, -0.15) is 11.8 Å². The molecule has 48 valence electrons. The van der Waals surface area contributed by atoms with Crippen LogP contribution in [0.2, 0.25) is 0 Å². The molecule has 8 heavy (non-hydrogen) atoms. The molecule has 1 heterocycles. The lowest BCUT2D eigenvalue weighted by molar-refractivity contribution is 0.125. The molecule has 0 bridgehead atoms. The van der Waals surface area contributed by atoms with Gasteiger partial charge in [0.05, 0.1) is 13.2 Å². The molecule has 0 aromatic rings. The molecule has 0 aromatic heterocycles. The van der Waals surface area contributed by atoms with E-state index in [4.69, 9.17) is 4.74 Å². The highest BCUT2D eigenvalue weighted by atomic mass is 32.2. The fourth-order valence-electron chi connectivity index (χ4n) is 0.737. The molecule has 0 aromatic carbocycles. The van der Waals surface area contributed by atoms with E-state index in [1.165, 1.54) is 0 Å². The first-order valence-corrected chi connectivity index (χ1v) is 3.91. The molecule has 0 saturated carbocycles. The van der Waals surface area contributed by atoms with Gasteiger partial charge < -0.3 is 4.74 Å². The minimum absolute atomic E-state index is 0.373. The monoisotopic (exact) mass is 132 g/mol. The van der Waals surface area contributed by atoms with Crippen LogP contribution in [0.25, 0.3) is 0 Å². The predicted molar refractivity (Wildman–Crippen MR) is 37.4 cm³/mol. The third kappa shape index (κ3) is 1.67. The van der Waals surface area contributed by atoms with E-state index in [0.29, 0.717) is 4.75 Å². The zero-order chi connectivity index (χ0) is 6.04. The van der Waals surface area contributed by atoms with Gasteiger partial charge in [-0.1, -0.05) is 0 Å². The van der Waals surface area contributed by atoms with Crippen molar-refractivity contribution in [3.63, 3.8) is 0 Å². The van der Waals surface area contributed by atoms with Gasteiger partial charge in [0.2, 0.25) is 0 Å². The quantitative estimate of drug-likeness (QED) is 0.494. The van der Waals surface area contributed by atoms with Crippen molar-refractivity contribution in [2.45, 2.75) is 18.6 Å². The largest absolute Gasteiger partial charge is 0.379 e. The van der Waals surface area contributed by atoms with Crippen LogP contribution in [0.3, 0.4) is 0 Å². The van der Waals surface area contributed by atoms with E-state index < -0.39 is 0 Å². The van der Waals surface area contributed by atoms with Crippen molar-refractivity contribution in [1.29, 1.82) is 0 Å². The molecule has 0 spiro atoms. The van der Waals surface area contributed by atoms with Gasteiger partial charge >= 0.3 is 0 Å². The van der Waals surface area contributed by atoms with Gasteiger partial charge in [-0.05, 0) is 13.8 Å². The summed E-state index contributed by atoms with van der Waals surface area (Å²) in [6.45, 7) is 6.29. The lowest BCUT2D eigenvalue weighted by Crippen LogP contribution is -2.29. The normalized spacial score (nSPS) is 27.8. The second-order valence-corrected chi connectivity index (χ2v) is 4.46. The van der Waals surface area contributed by atoms with Crippen LogP contribution in [0.1, 0.15) is 13.8 Å². The predicted octanol–water partition coefficient (Wildman–Crippen LogP) is 1.53. The smallest absolute Gasteiger partial charge is 0.0608 e. The highest BCUT2D eigenvalue weighted by Gasteiger charge is 2.21. The van der Waals surface area contributed by atoms with Crippen molar-refractivity contribution in [3.8, 4) is 0 Å². The Hall–Kier alpha value is 0.310. The third-order valence-corrected chi connectivity index (χ3v) is 2.44. The van der Waals surface area contributed by atoms with Gasteiger partial charge in [0.1, 0.15) is 0 Å². The molecule has 1 aliphatic rings. The maximum absolute atomic E-state index is 5.26. The Morgan fingerprint density at radius 1 is 1.50 bits per heavy atom. The van der Waals surface area contributed by atoms with Crippen molar-refractivity contribution in [2.24, 2.45) is 0 Å². The highest BCUT2D eigenvalue weighted by molar-refractivity contribution is 8.00. The Morgan fingerprint density at radius 2 is 2.25 bits per heavy atom. The number of ether oxygens (including phenoxy) is 1. The van der Waals surface area contributed by atoms with Crippen LogP contribution in [0.4, 0.5) is 0 Å². The van der Waals surface area contributed by atoms with Gasteiger partial charge in [0, 0.05) is 10.5 Å². The van der Waals surface area contributed by atoms with Crippen molar-refractivity contribution in [2.75, 3.05) is 19.0 Å². The molecule has 1 rings (SSSR count). The average Bonchev–Trinajstić information content (AvgIpc) is 1.65. The first-order chi connectivity index (χ1) is 3.71. The van der Waals surface area contributed by atoms with Crippen LogP contribution in [-0.4, -0.2) is 23.7 Å². The van der Waals surface area contributed by atoms with Crippen LogP contribution >= 0.6 is 11.8 Å². The summed E-state index contributed by atoms with van der Waals surface area (Å²) in [6, 6.07) is 0. The van der Waals surface area contributed by atoms with E-state index in [1.54, 1.807) is 0 Å². The summed E-state index contributed by atoms with van der Waals surface area (Å²) in [5, 5.41) is 0. The first-order valence-electron chi connectivity index (χ1n) is 2.92. The van der Waals surface area contributed by atoms with Crippen molar-refractivity contribution in [3.05, 3.63) is 0 Å². The standard InChI is InChI=1S/C6H12OS/c1-6(2)5-7-3-4-8-6/h3-5H2,1-2H3. The number of hydrogen-bond donors (Lipinski definition) is 0. The van der Waals surface area contributed by atoms with Gasteiger partial charge in [-0.25, -0.2) is 0 Å². The maximum Gasteiger partial charge on any atom is 0.0608 e. The van der Waals surface area contributed by atoms with Crippen molar-refractivity contribution in [1.82, 2.24) is 0 Å². The Labute approximate surface area is 54.8 Å². The second-order valence-electron chi connectivity index (χ2n) is 2.66. The molecule has 0 radical (unpaired) electrons. The second kappa shape index (κ2) is 2.28. The minimum atomic E-state index is 0.373. The Balaban J connectivity index is 2.33. The lowest BCUT2D eigenvalue weighted by atomic mass is 10.2. The van der Waals surface area contributed by atoms with Crippen molar-refractivity contribution < 1.29 is 4.74 Å². The fourth-order valence-corrected chi connectivity index (χ4v) is 1.66. The van der Waals surface area contributed by atoms with Crippen LogP contribution in [0.5, 0.6) is 0 Å². The van der Waals surface area contributed by atoms with Crippen molar-refractivity contribution >= 4 is 11.8 Å². The Kier molecular flexibility index (Phi) is 1.83. The zero-order valence-corrected chi connectivity index (χ0v) is 6.25. The van der Waals surface area contributed by atoms with E-state index in [9.17, 15) is 0 Å². The molecule has 1 aliphatic heterocycles. The molecule has 0 unspecified atom stereocenters. The summed E-state index contributed by atoms with van der Waals surface area (Å²) in [5.41, 5.74) is 0. The van der Waals surface area contributed by atoms with Crippen LogP contribution in [0, 0.1) is 0 Å². The summed E-state index contributed by atoms with van der Waals surface area (Å²) >= 11 is 2.00. The summed E-state index contributed by atoms with van der Waals surface area (Å²) < 4.78 is 5.64. The van der Waals surface area contributed by atoms with Gasteiger partial charge in [0.25, 0.3) is 0 Å². The maximum atomic E-state index is 5.26. The van der Waals surface area contributed by atoms with Crippen LogP contribution in [0.15, 0.2) is 0 Å². The van der Waals surface area contributed by atoms with E-state index in [1.807, 2.05) is 11.8 Å². The van der Waals surface area contributed by atoms with Crippen LogP contribution in [-0.2, 0) is 4.74 Å². The average molecular weight is 132 g/mol. The summed E-state index contributed by atoms with van der Waals surface area (Å²) in [6.07, 6.45) is 0. The number of rotatable bonds is 0. The lowest BCUT2D eigenvalue weighted by Gasteiger charge is -2.28. The highest BCUT2D eigenvalue weighted by Crippen LogP contribution is 2.27. The summed E-state index contributed by atoms with van der Waals surface area (Å²) in [4.78, 5) is 0. The molecule has 0 aliphatic carbocycles. The number of thioether (sulfide) groups is 1. The van der Waals surface area contributed by atoms with E-state index in [0.717, 1.165) is 19.0 Å². The molecular weight excluding hydrogens is 120 g/mol. The molecule has 1 nitrogen and oxygen atoms in total. The van der Waals surface area contributed by atoms with Gasteiger partial charge in [-0.15, -0.1) is 0 Å². The van der Waals surface area contributed by atoms with Gasteiger partial charge in [0.15, 0.2) is 0 Å². The first kappa shape index (κ1) is 6.43. The Morgan fingerprint density at radius 3 is 2.50 bits per heavy atom.